The van der Waals surface area contributed by atoms with Crippen LogP contribution in [0.5, 0.6) is 0 Å². The third kappa shape index (κ3) is 3.46. The van der Waals surface area contributed by atoms with Crippen molar-refractivity contribution in [2.75, 3.05) is 33.4 Å². The fraction of sp³-hybridized carbons (Fsp3) is 0.500. The lowest BCUT2D eigenvalue weighted by Crippen LogP contribution is -2.32. The molecule has 2 heterocycles. The van der Waals surface area contributed by atoms with Crippen LogP contribution in [0, 0.1) is 26.7 Å². The molecule has 6 heteroatoms. The first-order valence-corrected chi connectivity index (χ1v) is 8.96. The van der Waals surface area contributed by atoms with Crippen LogP contribution in [0.1, 0.15) is 33.7 Å². The summed E-state index contributed by atoms with van der Waals surface area (Å²) in [5.74, 6) is 0.372. The summed E-state index contributed by atoms with van der Waals surface area (Å²) in [7, 11) is 1.62. The molecule has 0 saturated carbocycles. The van der Waals surface area contributed by atoms with E-state index in [0.717, 1.165) is 27.7 Å². The highest BCUT2D eigenvalue weighted by atomic mass is 16.5. The molecule has 2 amide bonds. The van der Waals surface area contributed by atoms with Crippen LogP contribution in [-0.4, -0.2) is 50.1 Å². The zero-order valence-electron chi connectivity index (χ0n) is 15.8. The Morgan fingerprint density at radius 3 is 2.81 bits per heavy atom. The van der Waals surface area contributed by atoms with Crippen molar-refractivity contribution in [3.8, 4) is 0 Å². The zero-order valence-corrected chi connectivity index (χ0v) is 15.8. The maximum absolute atomic E-state index is 12.6. The molecule has 1 N–H and O–H groups in total. The minimum Gasteiger partial charge on any atom is -0.450 e. The van der Waals surface area contributed by atoms with Crippen LogP contribution < -0.4 is 5.32 Å². The van der Waals surface area contributed by atoms with E-state index in [9.17, 15) is 9.59 Å². The molecule has 1 atom stereocenters. The van der Waals surface area contributed by atoms with E-state index in [-0.39, 0.29) is 17.7 Å². The monoisotopic (exact) mass is 358 g/mol. The minimum absolute atomic E-state index is 0.118. The molecule has 0 radical (unpaired) electrons. The summed E-state index contributed by atoms with van der Waals surface area (Å²) in [5, 5.41) is 3.90. The van der Waals surface area contributed by atoms with Gasteiger partial charge in [0.1, 0.15) is 5.58 Å². The average Bonchev–Trinajstić information content (AvgIpc) is 3.14. The Hall–Kier alpha value is -2.34. The van der Waals surface area contributed by atoms with Crippen molar-refractivity contribution < 1.29 is 18.7 Å². The Morgan fingerprint density at radius 1 is 1.31 bits per heavy atom. The van der Waals surface area contributed by atoms with Gasteiger partial charge in [-0.15, -0.1) is 0 Å². The summed E-state index contributed by atoms with van der Waals surface area (Å²) in [6, 6.07) is 4.04. The summed E-state index contributed by atoms with van der Waals surface area (Å²) >= 11 is 0. The molecule has 1 aromatic heterocycles. The second-order valence-electron chi connectivity index (χ2n) is 7.05. The lowest BCUT2D eigenvalue weighted by Gasteiger charge is -2.16. The Labute approximate surface area is 153 Å². The number of nitrogens with zero attached hydrogens (tertiary/aromatic N) is 1. The molecule has 1 aromatic carbocycles. The number of ether oxygens (including phenoxy) is 1. The second kappa shape index (κ2) is 7.50. The molecule has 1 unspecified atom stereocenters. The minimum atomic E-state index is -0.224. The number of aryl methyl sites for hydroxylation is 3. The van der Waals surface area contributed by atoms with E-state index in [0.29, 0.717) is 38.4 Å². The molecule has 0 bridgehead atoms. The Kier molecular flexibility index (Phi) is 5.32. The van der Waals surface area contributed by atoms with Gasteiger partial charge < -0.3 is 19.4 Å². The number of carbonyl (C=O) groups excluding carboxylic acids is 2. The fourth-order valence-electron chi connectivity index (χ4n) is 3.46. The summed E-state index contributed by atoms with van der Waals surface area (Å²) in [4.78, 5) is 26.4. The maximum Gasteiger partial charge on any atom is 0.287 e. The highest BCUT2D eigenvalue weighted by Gasteiger charge is 2.30. The average molecular weight is 358 g/mol. The molecule has 140 valence electrons. The number of carbonyl (C=O) groups is 2. The van der Waals surface area contributed by atoms with Gasteiger partial charge in [0.25, 0.3) is 5.91 Å². The van der Waals surface area contributed by atoms with Crippen LogP contribution in [0.15, 0.2) is 16.5 Å². The highest BCUT2D eigenvalue weighted by molar-refractivity contribution is 5.99. The topological polar surface area (TPSA) is 71.8 Å². The summed E-state index contributed by atoms with van der Waals surface area (Å²) < 4.78 is 10.9. The van der Waals surface area contributed by atoms with Crippen LogP contribution in [0.4, 0.5) is 0 Å². The van der Waals surface area contributed by atoms with Crippen LogP contribution in [0.3, 0.4) is 0 Å². The smallest absolute Gasteiger partial charge is 0.287 e. The normalized spacial score (nSPS) is 17.3. The van der Waals surface area contributed by atoms with E-state index < -0.39 is 0 Å². The van der Waals surface area contributed by atoms with Gasteiger partial charge in [-0.3, -0.25) is 9.59 Å². The fourth-order valence-corrected chi connectivity index (χ4v) is 3.46. The number of likely N-dealkylation sites (tertiary alicyclic amines) is 1. The Balaban J connectivity index is 1.66. The summed E-state index contributed by atoms with van der Waals surface area (Å²) in [6.45, 7) is 8.17. The van der Waals surface area contributed by atoms with Crippen molar-refractivity contribution in [1.29, 1.82) is 0 Å². The number of fused-ring (bicyclic) bond motifs is 1. The number of hydrogen-bond donors (Lipinski definition) is 1. The lowest BCUT2D eigenvalue weighted by atomic mass is 10.0. The van der Waals surface area contributed by atoms with Gasteiger partial charge in [-0.05, 0) is 31.9 Å². The molecule has 6 nitrogen and oxygen atoms in total. The molecular weight excluding hydrogens is 332 g/mol. The van der Waals surface area contributed by atoms with Gasteiger partial charge in [0.2, 0.25) is 5.91 Å². The van der Waals surface area contributed by atoms with E-state index in [1.54, 1.807) is 12.0 Å². The first-order chi connectivity index (χ1) is 12.4. The van der Waals surface area contributed by atoms with Crippen LogP contribution in [0.2, 0.25) is 0 Å². The number of methoxy groups -OCH3 is 1. The van der Waals surface area contributed by atoms with Gasteiger partial charge in [0.05, 0.1) is 6.61 Å². The van der Waals surface area contributed by atoms with Crippen LogP contribution in [0.25, 0.3) is 11.0 Å². The number of hydrogen-bond acceptors (Lipinski definition) is 4. The molecule has 1 fully saturated rings. The predicted molar refractivity (Wildman–Crippen MR) is 99.3 cm³/mol. The number of benzene rings is 1. The van der Waals surface area contributed by atoms with Gasteiger partial charge >= 0.3 is 0 Å². The predicted octanol–water partition coefficient (Wildman–Crippen LogP) is 2.58. The van der Waals surface area contributed by atoms with Crippen molar-refractivity contribution in [1.82, 2.24) is 10.2 Å². The molecule has 1 aliphatic rings. The third-order valence-corrected chi connectivity index (χ3v) is 5.24. The molecule has 3 rings (SSSR count). The second-order valence-corrected chi connectivity index (χ2v) is 7.05. The Bertz CT molecular complexity index is 840. The van der Waals surface area contributed by atoms with Crippen molar-refractivity contribution in [3.63, 3.8) is 0 Å². The standard InChI is InChI=1S/C20H26N2O4/c1-12-5-6-16-14(3)19(26-18(16)13(12)2)20(24)21-10-15-9-17(23)22(11-15)7-8-25-4/h5-6,15H,7-11H2,1-4H3,(H,21,24). The molecule has 2 aromatic rings. The van der Waals surface area contributed by atoms with E-state index in [4.69, 9.17) is 9.15 Å². The van der Waals surface area contributed by atoms with E-state index >= 15 is 0 Å². The van der Waals surface area contributed by atoms with Gasteiger partial charge in [0, 0.05) is 50.0 Å². The number of amides is 2. The van der Waals surface area contributed by atoms with Gasteiger partial charge in [0.15, 0.2) is 5.76 Å². The molecule has 1 aliphatic heterocycles. The molecule has 1 saturated heterocycles. The van der Waals surface area contributed by atoms with Gasteiger partial charge in [-0.25, -0.2) is 0 Å². The number of rotatable bonds is 6. The van der Waals surface area contributed by atoms with Crippen LogP contribution >= 0.6 is 0 Å². The molecule has 0 aliphatic carbocycles. The highest BCUT2D eigenvalue weighted by Crippen LogP contribution is 2.29. The van der Waals surface area contributed by atoms with Crippen molar-refractivity contribution in [2.24, 2.45) is 5.92 Å². The van der Waals surface area contributed by atoms with Gasteiger partial charge in [-0.1, -0.05) is 12.1 Å². The zero-order chi connectivity index (χ0) is 18.8. The Morgan fingerprint density at radius 2 is 2.08 bits per heavy atom. The first-order valence-electron chi connectivity index (χ1n) is 8.96. The lowest BCUT2D eigenvalue weighted by molar-refractivity contribution is -0.128. The van der Waals surface area contributed by atoms with Crippen molar-refractivity contribution >= 4 is 22.8 Å². The SMILES string of the molecule is COCCN1CC(CNC(=O)c2oc3c(C)c(C)ccc3c2C)CC1=O. The van der Waals surface area contributed by atoms with Crippen molar-refractivity contribution in [3.05, 3.63) is 34.6 Å². The van der Waals surface area contributed by atoms with E-state index in [1.165, 1.54) is 0 Å². The quantitative estimate of drug-likeness (QED) is 0.861. The van der Waals surface area contributed by atoms with Crippen LogP contribution in [-0.2, 0) is 9.53 Å². The largest absolute Gasteiger partial charge is 0.450 e. The first kappa shape index (κ1) is 18.5. The number of nitrogens with one attached hydrogen (secondary N) is 1. The molecular formula is C20H26N2O4. The van der Waals surface area contributed by atoms with Crippen molar-refractivity contribution in [2.45, 2.75) is 27.2 Å². The van der Waals surface area contributed by atoms with E-state index in [2.05, 4.69) is 5.32 Å². The van der Waals surface area contributed by atoms with E-state index in [1.807, 2.05) is 32.9 Å². The molecule has 26 heavy (non-hydrogen) atoms. The summed E-state index contributed by atoms with van der Waals surface area (Å²) in [5.41, 5.74) is 3.82. The van der Waals surface area contributed by atoms with Gasteiger partial charge in [-0.2, -0.15) is 0 Å². The third-order valence-electron chi connectivity index (χ3n) is 5.24. The number of furan rings is 1. The summed E-state index contributed by atoms with van der Waals surface area (Å²) in [6.07, 6.45) is 0.460. The maximum atomic E-state index is 12.6. The molecule has 0 spiro atoms.